The Morgan fingerprint density at radius 3 is 2.57 bits per heavy atom. The summed E-state index contributed by atoms with van der Waals surface area (Å²) in [5, 5.41) is 1.32. The van der Waals surface area contributed by atoms with Crippen molar-refractivity contribution in [2.24, 2.45) is 5.84 Å². The number of halogens is 2. The van der Waals surface area contributed by atoms with Crippen molar-refractivity contribution in [1.29, 1.82) is 0 Å². The van der Waals surface area contributed by atoms with Crippen LogP contribution in [0.5, 0.6) is 0 Å². The first-order valence-corrected chi connectivity index (χ1v) is 7.95. The maximum absolute atomic E-state index is 6.31. The molecule has 1 fully saturated rings. The Labute approximate surface area is 135 Å². The molecule has 0 amide bonds. The molecule has 1 aliphatic carbocycles. The van der Waals surface area contributed by atoms with Gasteiger partial charge in [0.1, 0.15) is 0 Å². The van der Waals surface area contributed by atoms with Crippen molar-refractivity contribution in [2.45, 2.75) is 31.2 Å². The van der Waals surface area contributed by atoms with E-state index in [1.54, 1.807) is 12.1 Å². The quantitative estimate of drug-likeness (QED) is 0.626. The maximum atomic E-state index is 6.31. The molecule has 0 spiro atoms. The minimum atomic E-state index is -0.156. The Bertz CT molecular complexity index is 638. The molecule has 0 aromatic heterocycles. The van der Waals surface area contributed by atoms with Gasteiger partial charge >= 0.3 is 0 Å². The molecule has 0 aliphatic heterocycles. The molecule has 3 N–H and O–H groups in total. The van der Waals surface area contributed by atoms with Gasteiger partial charge in [0.2, 0.25) is 0 Å². The van der Waals surface area contributed by atoms with Crippen LogP contribution in [-0.2, 0) is 0 Å². The molecule has 1 aliphatic rings. The van der Waals surface area contributed by atoms with Gasteiger partial charge < -0.3 is 0 Å². The average molecular weight is 321 g/mol. The molecule has 3 rings (SSSR count). The zero-order valence-electron chi connectivity index (χ0n) is 11.7. The average Bonchev–Trinajstić information content (AvgIpc) is 2.42. The molecule has 1 unspecified atom stereocenters. The van der Waals surface area contributed by atoms with E-state index in [4.69, 9.17) is 29.0 Å². The highest BCUT2D eigenvalue weighted by atomic mass is 35.5. The van der Waals surface area contributed by atoms with Crippen LogP contribution in [0.4, 0.5) is 0 Å². The molecule has 2 nitrogen and oxygen atoms in total. The van der Waals surface area contributed by atoms with E-state index in [2.05, 4.69) is 29.7 Å². The van der Waals surface area contributed by atoms with Gasteiger partial charge in [-0.15, -0.1) is 0 Å². The fourth-order valence-corrected chi connectivity index (χ4v) is 3.24. The van der Waals surface area contributed by atoms with Gasteiger partial charge in [-0.3, -0.25) is 5.84 Å². The molecular weight excluding hydrogens is 303 g/mol. The van der Waals surface area contributed by atoms with E-state index in [-0.39, 0.29) is 6.04 Å². The van der Waals surface area contributed by atoms with E-state index in [1.807, 2.05) is 6.07 Å². The first-order valence-electron chi connectivity index (χ1n) is 7.20. The summed E-state index contributed by atoms with van der Waals surface area (Å²) >= 11 is 12.4. The van der Waals surface area contributed by atoms with E-state index in [0.717, 1.165) is 11.1 Å². The molecular formula is C17H18Cl2N2. The third-order valence-corrected chi connectivity index (χ3v) is 4.84. The summed E-state index contributed by atoms with van der Waals surface area (Å²) in [6.07, 6.45) is 3.89. The SMILES string of the molecule is NNC(c1cccc(C2CCC2)c1)c1cc(Cl)ccc1Cl. The highest BCUT2D eigenvalue weighted by Crippen LogP contribution is 2.38. The van der Waals surface area contributed by atoms with Crippen molar-refractivity contribution in [3.63, 3.8) is 0 Å². The number of rotatable bonds is 4. The number of hydrogen-bond donors (Lipinski definition) is 2. The summed E-state index contributed by atoms with van der Waals surface area (Å²) in [6, 6.07) is 13.9. The second kappa shape index (κ2) is 6.37. The monoisotopic (exact) mass is 320 g/mol. The number of hydrazine groups is 1. The third-order valence-electron chi connectivity index (χ3n) is 4.26. The van der Waals surface area contributed by atoms with Crippen LogP contribution in [0.1, 0.15) is 47.9 Å². The largest absolute Gasteiger partial charge is 0.271 e. The highest BCUT2D eigenvalue weighted by Gasteiger charge is 2.22. The Hall–Kier alpha value is -1.06. The zero-order chi connectivity index (χ0) is 14.8. The van der Waals surface area contributed by atoms with Gasteiger partial charge in [-0.2, -0.15) is 0 Å². The molecule has 0 saturated heterocycles. The first-order chi connectivity index (χ1) is 10.2. The molecule has 2 aromatic carbocycles. The van der Waals surface area contributed by atoms with E-state index in [0.29, 0.717) is 16.0 Å². The van der Waals surface area contributed by atoms with Crippen LogP contribution < -0.4 is 11.3 Å². The summed E-state index contributed by atoms with van der Waals surface area (Å²) in [5.74, 6) is 6.47. The van der Waals surface area contributed by atoms with E-state index < -0.39 is 0 Å². The van der Waals surface area contributed by atoms with E-state index in [9.17, 15) is 0 Å². The Balaban J connectivity index is 1.97. The van der Waals surface area contributed by atoms with Crippen LogP contribution in [0.2, 0.25) is 10.0 Å². The summed E-state index contributed by atoms with van der Waals surface area (Å²) < 4.78 is 0. The van der Waals surface area contributed by atoms with Gasteiger partial charge in [-0.05, 0) is 53.6 Å². The Morgan fingerprint density at radius 1 is 1.10 bits per heavy atom. The molecule has 0 heterocycles. The lowest BCUT2D eigenvalue weighted by atomic mass is 9.79. The molecule has 1 atom stereocenters. The minimum Gasteiger partial charge on any atom is -0.271 e. The van der Waals surface area contributed by atoms with E-state index in [1.165, 1.54) is 24.8 Å². The fourth-order valence-electron chi connectivity index (χ4n) is 2.84. The van der Waals surface area contributed by atoms with Crippen molar-refractivity contribution in [1.82, 2.24) is 5.43 Å². The van der Waals surface area contributed by atoms with Gasteiger partial charge in [-0.25, -0.2) is 5.43 Å². The van der Waals surface area contributed by atoms with Crippen LogP contribution in [0.3, 0.4) is 0 Å². The molecule has 21 heavy (non-hydrogen) atoms. The van der Waals surface area contributed by atoms with Crippen LogP contribution >= 0.6 is 23.2 Å². The number of nitrogens with two attached hydrogens (primary N) is 1. The normalized spacial score (nSPS) is 16.5. The van der Waals surface area contributed by atoms with Gasteiger partial charge in [-0.1, -0.05) is 53.9 Å². The molecule has 1 saturated carbocycles. The molecule has 0 bridgehead atoms. The highest BCUT2D eigenvalue weighted by molar-refractivity contribution is 6.33. The number of benzene rings is 2. The number of hydrogen-bond acceptors (Lipinski definition) is 2. The van der Waals surface area contributed by atoms with Crippen LogP contribution in [0, 0.1) is 0 Å². The second-order valence-electron chi connectivity index (χ2n) is 5.56. The summed E-state index contributed by atoms with van der Waals surface area (Å²) in [4.78, 5) is 0. The Kier molecular flexibility index (Phi) is 4.51. The molecule has 0 radical (unpaired) electrons. The van der Waals surface area contributed by atoms with Gasteiger partial charge in [0.05, 0.1) is 6.04 Å². The van der Waals surface area contributed by atoms with E-state index >= 15 is 0 Å². The Morgan fingerprint density at radius 2 is 1.90 bits per heavy atom. The van der Waals surface area contributed by atoms with Gasteiger partial charge in [0.15, 0.2) is 0 Å². The summed E-state index contributed by atoms with van der Waals surface area (Å²) in [6.45, 7) is 0. The van der Waals surface area contributed by atoms with Crippen LogP contribution in [0.15, 0.2) is 42.5 Å². The van der Waals surface area contributed by atoms with Crippen molar-refractivity contribution >= 4 is 23.2 Å². The third kappa shape index (κ3) is 3.09. The maximum Gasteiger partial charge on any atom is 0.0725 e. The lowest BCUT2D eigenvalue weighted by Gasteiger charge is -2.27. The van der Waals surface area contributed by atoms with Crippen molar-refractivity contribution in [3.05, 3.63) is 69.2 Å². The molecule has 110 valence electrons. The summed E-state index contributed by atoms with van der Waals surface area (Å²) in [7, 11) is 0. The lowest BCUT2D eigenvalue weighted by Crippen LogP contribution is -2.29. The predicted molar refractivity (Wildman–Crippen MR) is 88.7 cm³/mol. The topological polar surface area (TPSA) is 38.0 Å². The number of nitrogens with one attached hydrogen (secondary N) is 1. The van der Waals surface area contributed by atoms with Crippen molar-refractivity contribution < 1.29 is 0 Å². The van der Waals surface area contributed by atoms with Crippen LogP contribution in [0.25, 0.3) is 0 Å². The van der Waals surface area contributed by atoms with Crippen molar-refractivity contribution in [3.8, 4) is 0 Å². The predicted octanol–water partition coefficient (Wildman–Crippen LogP) is 4.81. The molecule has 4 heteroatoms. The van der Waals surface area contributed by atoms with Gasteiger partial charge in [0.25, 0.3) is 0 Å². The minimum absolute atomic E-state index is 0.156. The smallest absolute Gasteiger partial charge is 0.0725 e. The summed E-state index contributed by atoms with van der Waals surface area (Å²) in [5.41, 5.74) is 6.27. The first kappa shape index (κ1) is 14.9. The van der Waals surface area contributed by atoms with Gasteiger partial charge in [0, 0.05) is 10.0 Å². The zero-order valence-corrected chi connectivity index (χ0v) is 13.2. The van der Waals surface area contributed by atoms with Crippen molar-refractivity contribution in [2.75, 3.05) is 0 Å². The fraction of sp³-hybridized carbons (Fsp3) is 0.294. The lowest BCUT2D eigenvalue weighted by molar-refractivity contribution is 0.419. The van der Waals surface area contributed by atoms with Crippen LogP contribution in [-0.4, -0.2) is 0 Å². The second-order valence-corrected chi connectivity index (χ2v) is 6.41. The standard InChI is InChI=1S/C17H18Cl2N2/c18-14-7-8-16(19)15(10-14)17(21-20)13-6-2-5-12(9-13)11-3-1-4-11/h2,5-11,17,21H,1,3-4,20H2. The molecule has 2 aromatic rings.